The highest BCUT2D eigenvalue weighted by Gasteiger charge is 2.16. The summed E-state index contributed by atoms with van der Waals surface area (Å²) in [6.07, 6.45) is 5.13. The number of nitrogens with two attached hydrogens (primary N) is 1. The second-order valence-electron chi connectivity index (χ2n) is 5.44. The van der Waals surface area contributed by atoms with E-state index in [-0.39, 0.29) is 0 Å². The minimum absolute atomic E-state index is 0.307. The van der Waals surface area contributed by atoms with Crippen molar-refractivity contribution in [3.63, 3.8) is 0 Å². The molecule has 128 valence electrons. The van der Waals surface area contributed by atoms with Gasteiger partial charge in [-0.25, -0.2) is 4.98 Å². The van der Waals surface area contributed by atoms with E-state index >= 15 is 0 Å². The van der Waals surface area contributed by atoms with Crippen molar-refractivity contribution in [1.82, 2.24) is 30.2 Å². The van der Waals surface area contributed by atoms with E-state index in [9.17, 15) is 0 Å². The van der Waals surface area contributed by atoms with E-state index < -0.39 is 0 Å². The van der Waals surface area contributed by atoms with Gasteiger partial charge in [0.25, 0.3) is 0 Å². The maximum atomic E-state index is 6.09. The molecule has 0 aliphatic carbocycles. The zero-order valence-electron chi connectivity index (χ0n) is 13.2. The van der Waals surface area contributed by atoms with Gasteiger partial charge in [0.1, 0.15) is 5.82 Å². The van der Waals surface area contributed by atoms with Crippen molar-refractivity contribution in [3.8, 4) is 28.2 Å². The van der Waals surface area contributed by atoms with Gasteiger partial charge in [-0.1, -0.05) is 29.3 Å². The molecule has 0 unspecified atom stereocenters. The van der Waals surface area contributed by atoms with Gasteiger partial charge in [-0.05, 0) is 40.8 Å². The zero-order chi connectivity index (χ0) is 18.1. The molecule has 1 aromatic carbocycles. The van der Waals surface area contributed by atoms with Crippen LogP contribution in [-0.4, -0.2) is 30.2 Å². The molecule has 0 radical (unpaired) electrons. The first-order valence-corrected chi connectivity index (χ1v) is 8.28. The van der Waals surface area contributed by atoms with Crippen LogP contribution in [0.3, 0.4) is 0 Å². The van der Waals surface area contributed by atoms with E-state index in [0.717, 1.165) is 11.1 Å². The fourth-order valence-electron chi connectivity index (χ4n) is 2.54. The van der Waals surface area contributed by atoms with Crippen molar-refractivity contribution in [2.75, 3.05) is 5.73 Å². The Morgan fingerprint density at radius 1 is 0.962 bits per heavy atom. The van der Waals surface area contributed by atoms with Gasteiger partial charge in [-0.15, -0.1) is 5.10 Å². The highest BCUT2D eigenvalue weighted by molar-refractivity contribution is 6.34. The highest BCUT2D eigenvalue weighted by atomic mass is 35.5. The molecule has 0 saturated carbocycles. The topological polar surface area (TPSA) is 95.4 Å². The lowest BCUT2D eigenvalue weighted by atomic mass is 10.1. The molecule has 3 aromatic heterocycles. The van der Waals surface area contributed by atoms with Gasteiger partial charge in [0.05, 0.1) is 11.3 Å². The molecule has 9 heteroatoms. The van der Waals surface area contributed by atoms with E-state index in [1.165, 1.54) is 4.68 Å². The van der Waals surface area contributed by atoms with E-state index in [4.69, 9.17) is 28.9 Å². The minimum atomic E-state index is 0.307. The van der Waals surface area contributed by atoms with Crippen LogP contribution in [0.4, 0.5) is 5.82 Å². The number of anilines is 1. The van der Waals surface area contributed by atoms with Gasteiger partial charge in [0.2, 0.25) is 0 Å². The van der Waals surface area contributed by atoms with Crippen LogP contribution in [-0.2, 0) is 0 Å². The van der Waals surface area contributed by atoms with Crippen molar-refractivity contribution >= 4 is 29.0 Å². The third kappa shape index (κ3) is 3.10. The van der Waals surface area contributed by atoms with Crippen LogP contribution >= 0.6 is 23.2 Å². The third-order valence-electron chi connectivity index (χ3n) is 3.72. The Morgan fingerprint density at radius 2 is 1.77 bits per heavy atom. The Bertz CT molecular complexity index is 1060. The molecule has 4 rings (SSSR count). The Balaban J connectivity index is 1.86. The quantitative estimate of drug-likeness (QED) is 0.579. The van der Waals surface area contributed by atoms with Crippen LogP contribution in [0.1, 0.15) is 0 Å². The summed E-state index contributed by atoms with van der Waals surface area (Å²) in [5.41, 5.74) is 9.04. The van der Waals surface area contributed by atoms with Crippen molar-refractivity contribution in [3.05, 3.63) is 65.0 Å². The predicted octanol–water partition coefficient (Wildman–Crippen LogP) is 3.68. The summed E-state index contributed by atoms with van der Waals surface area (Å²) in [5.74, 6) is 0.737. The summed E-state index contributed by atoms with van der Waals surface area (Å²) in [5, 5.41) is 12.8. The molecular weight excluding hydrogens is 373 g/mol. The molecule has 0 fully saturated rings. The van der Waals surface area contributed by atoms with E-state index in [2.05, 4.69) is 25.5 Å². The molecule has 26 heavy (non-hydrogen) atoms. The summed E-state index contributed by atoms with van der Waals surface area (Å²) >= 11 is 12.2. The summed E-state index contributed by atoms with van der Waals surface area (Å²) in [6, 6.07) is 10.7. The first-order chi connectivity index (χ1) is 12.6. The number of nitrogens with zero attached hydrogens (tertiary/aromatic N) is 6. The lowest BCUT2D eigenvalue weighted by molar-refractivity contribution is 0.791. The first kappa shape index (κ1) is 16.4. The normalized spacial score (nSPS) is 10.8. The zero-order valence-corrected chi connectivity index (χ0v) is 14.7. The number of hydrogen-bond donors (Lipinski definition) is 1. The molecule has 0 amide bonds. The Kier molecular flexibility index (Phi) is 4.24. The van der Waals surface area contributed by atoms with Crippen LogP contribution in [0.2, 0.25) is 10.0 Å². The molecule has 0 bridgehead atoms. The average Bonchev–Trinajstić information content (AvgIpc) is 3.11. The molecule has 7 nitrogen and oxygen atoms in total. The van der Waals surface area contributed by atoms with Gasteiger partial charge in [-0.2, -0.15) is 4.68 Å². The minimum Gasteiger partial charge on any atom is -0.383 e. The fraction of sp³-hybridized carbons (Fsp3) is 0. The molecule has 3 heterocycles. The summed E-state index contributed by atoms with van der Waals surface area (Å²) < 4.78 is 1.51. The maximum absolute atomic E-state index is 6.09. The van der Waals surface area contributed by atoms with Crippen LogP contribution in [0.25, 0.3) is 28.2 Å². The summed E-state index contributed by atoms with van der Waals surface area (Å²) in [4.78, 5) is 8.40. The number of benzene rings is 1. The number of nitrogen functional groups attached to an aromatic ring is 1. The first-order valence-electron chi connectivity index (χ1n) is 7.53. The molecular formula is C17H11Cl2N7. The van der Waals surface area contributed by atoms with Crippen molar-refractivity contribution < 1.29 is 0 Å². The summed E-state index contributed by atoms with van der Waals surface area (Å²) in [7, 11) is 0. The van der Waals surface area contributed by atoms with Crippen LogP contribution in [0.15, 0.2) is 55.0 Å². The predicted molar refractivity (Wildman–Crippen MR) is 100 cm³/mol. The SMILES string of the molecule is Nc1ncc(-c2cccnc2)cc1-c1nnnn1-c1cc(Cl)cc(Cl)c1. The van der Waals surface area contributed by atoms with Crippen molar-refractivity contribution in [2.24, 2.45) is 0 Å². The molecule has 0 spiro atoms. The number of aromatic nitrogens is 6. The largest absolute Gasteiger partial charge is 0.383 e. The molecule has 4 aromatic rings. The van der Waals surface area contributed by atoms with Crippen molar-refractivity contribution in [2.45, 2.75) is 0 Å². The van der Waals surface area contributed by atoms with Crippen LogP contribution < -0.4 is 5.73 Å². The van der Waals surface area contributed by atoms with Gasteiger partial charge in [0.15, 0.2) is 5.82 Å². The molecule has 0 aliphatic rings. The van der Waals surface area contributed by atoms with E-state index in [1.807, 2.05) is 18.2 Å². The number of halogens is 2. The average molecular weight is 384 g/mol. The second-order valence-corrected chi connectivity index (χ2v) is 6.31. The van der Waals surface area contributed by atoms with Gasteiger partial charge in [0, 0.05) is 39.8 Å². The lowest BCUT2D eigenvalue weighted by Gasteiger charge is -2.09. The Hall–Kier alpha value is -3.03. The number of tetrazole rings is 1. The monoisotopic (exact) mass is 383 g/mol. The highest BCUT2D eigenvalue weighted by Crippen LogP contribution is 2.30. The van der Waals surface area contributed by atoms with Gasteiger partial charge >= 0.3 is 0 Å². The number of hydrogen-bond acceptors (Lipinski definition) is 6. The Labute approximate surface area is 158 Å². The van der Waals surface area contributed by atoms with Gasteiger partial charge < -0.3 is 5.73 Å². The number of rotatable bonds is 3. The smallest absolute Gasteiger partial charge is 0.190 e. The molecule has 0 saturated heterocycles. The summed E-state index contributed by atoms with van der Waals surface area (Å²) in [6.45, 7) is 0. The van der Waals surface area contributed by atoms with Crippen molar-refractivity contribution in [1.29, 1.82) is 0 Å². The molecule has 0 atom stereocenters. The number of pyridine rings is 2. The van der Waals surface area contributed by atoms with Crippen LogP contribution in [0, 0.1) is 0 Å². The van der Waals surface area contributed by atoms with Gasteiger partial charge in [-0.3, -0.25) is 4.98 Å². The lowest BCUT2D eigenvalue weighted by Crippen LogP contribution is -2.03. The maximum Gasteiger partial charge on any atom is 0.190 e. The Morgan fingerprint density at radius 3 is 2.50 bits per heavy atom. The second kappa shape index (κ2) is 6.70. The van der Waals surface area contributed by atoms with Crippen LogP contribution in [0.5, 0.6) is 0 Å². The third-order valence-corrected chi connectivity index (χ3v) is 4.15. The standard InChI is InChI=1S/C17H11Cl2N7/c18-12-5-13(19)7-14(6-12)26-17(23-24-25-26)15-4-11(9-22-16(15)20)10-2-1-3-21-8-10/h1-9H,(H2,20,22). The van der Waals surface area contributed by atoms with E-state index in [0.29, 0.717) is 32.9 Å². The fourth-order valence-corrected chi connectivity index (χ4v) is 3.05. The molecule has 0 aliphatic heterocycles. The molecule has 2 N–H and O–H groups in total. The van der Waals surface area contributed by atoms with E-state index in [1.54, 1.807) is 36.8 Å².